The summed E-state index contributed by atoms with van der Waals surface area (Å²) < 4.78 is 0. The number of amides is 1. The number of rotatable bonds is 5. The van der Waals surface area contributed by atoms with Crippen molar-refractivity contribution in [3.63, 3.8) is 0 Å². The molecule has 0 spiro atoms. The van der Waals surface area contributed by atoms with E-state index in [2.05, 4.69) is 13.8 Å². The fourth-order valence-electron chi connectivity index (χ4n) is 2.08. The number of benzene rings is 1. The Morgan fingerprint density at radius 2 is 2.06 bits per heavy atom. The van der Waals surface area contributed by atoms with Gasteiger partial charge < -0.3 is 10.6 Å². The van der Waals surface area contributed by atoms with Crippen molar-refractivity contribution in [2.45, 2.75) is 39.2 Å². The molecule has 0 unspecified atom stereocenters. The zero-order valence-corrected chi connectivity index (χ0v) is 11.2. The van der Waals surface area contributed by atoms with Crippen LogP contribution in [0, 0.1) is 5.92 Å². The van der Waals surface area contributed by atoms with E-state index in [1.165, 1.54) is 0 Å². The van der Waals surface area contributed by atoms with Crippen LogP contribution in [0.15, 0.2) is 24.3 Å². The summed E-state index contributed by atoms with van der Waals surface area (Å²) in [5.74, 6) is 0.712. The van der Waals surface area contributed by atoms with Crippen LogP contribution in [0.2, 0.25) is 0 Å². The summed E-state index contributed by atoms with van der Waals surface area (Å²) in [6.45, 7) is 5.22. The van der Waals surface area contributed by atoms with E-state index in [-0.39, 0.29) is 5.91 Å². The van der Waals surface area contributed by atoms with E-state index in [0.29, 0.717) is 23.2 Å². The van der Waals surface area contributed by atoms with Crippen molar-refractivity contribution >= 4 is 11.6 Å². The van der Waals surface area contributed by atoms with E-state index >= 15 is 0 Å². The summed E-state index contributed by atoms with van der Waals surface area (Å²) >= 11 is 0. The van der Waals surface area contributed by atoms with Crippen molar-refractivity contribution in [2.24, 2.45) is 5.92 Å². The molecule has 0 saturated heterocycles. The second-order valence-electron chi connectivity index (χ2n) is 5.50. The van der Waals surface area contributed by atoms with Gasteiger partial charge in [0.15, 0.2) is 0 Å². The number of anilines is 1. The van der Waals surface area contributed by atoms with Crippen molar-refractivity contribution in [2.75, 3.05) is 12.3 Å². The lowest BCUT2D eigenvalue weighted by Crippen LogP contribution is -2.35. The third kappa shape index (κ3) is 3.03. The molecule has 0 aromatic heterocycles. The Bertz CT molecular complexity index is 424. The maximum atomic E-state index is 12.5. The number of nitrogens with two attached hydrogens (primary N) is 1. The lowest BCUT2D eigenvalue weighted by Gasteiger charge is -2.24. The smallest absolute Gasteiger partial charge is 0.256 e. The Balaban J connectivity index is 2.11. The van der Waals surface area contributed by atoms with E-state index in [4.69, 9.17) is 5.73 Å². The van der Waals surface area contributed by atoms with E-state index in [9.17, 15) is 4.79 Å². The molecule has 0 heterocycles. The van der Waals surface area contributed by atoms with Gasteiger partial charge in [-0.1, -0.05) is 26.0 Å². The van der Waals surface area contributed by atoms with Gasteiger partial charge in [-0.15, -0.1) is 0 Å². The van der Waals surface area contributed by atoms with Gasteiger partial charge in [-0.2, -0.15) is 0 Å². The molecule has 1 aliphatic rings. The van der Waals surface area contributed by atoms with Gasteiger partial charge in [0.05, 0.1) is 5.56 Å². The molecule has 1 amide bonds. The van der Waals surface area contributed by atoms with Crippen molar-refractivity contribution in [3.05, 3.63) is 29.8 Å². The number of hydrogen-bond donors (Lipinski definition) is 1. The fourth-order valence-corrected chi connectivity index (χ4v) is 2.08. The molecule has 98 valence electrons. The first-order valence-electron chi connectivity index (χ1n) is 6.75. The molecule has 0 bridgehead atoms. The first kappa shape index (κ1) is 12.9. The first-order chi connectivity index (χ1) is 8.59. The number of nitrogen functional groups attached to an aromatic ring is 1. The SMILES string of the molecule is CC(C)CCN(C(=O)c1ccccc1N)C1CC1. The van der Waals surface area contributed by atoms with Gasteiger partial charge in [-0.3, -0.25) is 4.79 Å². The molecule has 0 radical (unpaired) electrons. The van der Waals surface area contributed by atoms with Crippen molar-refractivity contribution in [3.8, 4) is 0 Å². The lowest BCUT2D eigenvalue weighted by atomic mass is 10.1. The van der Waals surface area contributed by atoms with Gasteiger partial charge in [-0.05, 0) is 37.3 Å². The largest absolute Gasteiger partial charge is 0.398 e. The second-order valence-corrected chi connectivity index (χ2v) is 5.50. The standard InChI is InChI=1S/C15H22N2O/c1-11(2)9-10-17(12-7-8-12)15(18)13-5-3-4-6-14(13)16/h3-6,11-12H,7-10,16H2,1-2H3. The summed E-state index contributed by atoms with van der Waals surface area (Å²) in [6, 6.07) is 7.79. The molecular formula is C15H22N2O. The second kappa shape index (κ2) is 5.42. The van der Waals surface area contributed by atoms with Gasteiger partial charge in [0.1, 0.15) is 0 Å². The summed E-state index contributed by atoms with van der Waals surface area (Å²) in [5, 5.41) is 0. The number of nitrogens with zero attached hydrogens (tertiary/aromatic N) is 1. The lowest BCUT2D eigenvalue weighted by molar-refractivity contribution is 0.0736. The Morgan fingerprint density at radius 3 is 2.61 bits per heavy atom. The number of carbonyl (C=O) groups is 1. The average molecular weight is 246 g/mol. The Kier molecular flexibility index (Phi) is 3.90. The topological polar surface area (TPSA) is 46.3 Å². The minimum absolute atomic E-state index is 0.0938. The molecule has 1 fully saturated rings. The van der Waals surface area contributed by atoms with Gasteiger partial charge in [0.25, 0.3) is 5.91 Å². The van der Waals surface area contributed by atoms with Crippen LogP contribution in [-0.4, -0.2) is 23.4 Å². The normalized spacial score (nSPS) is 14.8. The average Bonchev–Trinajstić information content (AvgIpc) is 3.13. The number of hydrogen-bond acceptors (Lipinski definition) is 2. The van der Waals surface area contributed by atoms with Crippen LogP contribution >= 0.6 is 0 Å². The Morgan fingerprint density at radius 1 is 1.39 bits per heavy atom. The molecule has 2 N–H and O–H groups in total. The minimum Gasteiger partial charge on any atom is -0.398 e. The zero-order chi connectivity index (χ0) is 13.1. The predicted octanol–water partition coefficient (Wildman–Crippen LogP) is 2.92. The van der Waals surface area contributed by atoms with Gasteiger partial charge in [0, 0.05) is 18.3 Å². The molecule has 3 nitrogen and oxygen atoms in total. The first-order valence-corrected chi connectivity index (χ1v) is 6.75. The Labute approximate surface area is 109 Å². The summed E-state index contributed by atoms with van der Waals surface area (Å²) in [4.78, 5) is 14.5. The van der Waals surface area contributed by atoms with Crippen LogP contribution in [0.4, 0.5) is 5.69 Å². The Hall–Kier alpha value is -1.51. The highest BCUT2D eigenvalue weighted by molar-refractivity contribution is 5.99. The quantitative estimate of drug-likeness (QED) is 0.812. The molecule has 1 aliphatic carbocycles. The number of para-hydroxylation sites is 1. The maximum absolute atomic E-state index is 12.5. The summed E-state index contributed by atoms with van der Waals surface area (Å²) in [5.41, 5.74) is 7.12. The molecule has 2 rings (SSSR count). The van der Waals surface area contributed by atoms with Crippen LogP contribution in [0.3, 0.4) is 0 Å². The highest BCUT2D eigenvalue weighted by atomic mass is 16.2. The number of carbonyl (C=O) groups excluding carboxylic acids is 1. The van der Waals surface area contributed by atoms with E-state index in [1.807, 2.05) is 23.1 Å². The predicted molar refractivity (Wildman–Crippen MR) is 74.4 cm³/mol. The summed E-state index contributed by atoms with van der Waals surface area (Å²) in [7, 11) is 0. The maximum Gasteiger partial charge on any atom is 0.256 e. The highest BCUT2D eigenvalue weighted by Gasteiger charge is 2.33. The van der Waals surface area contributed by atoms with Crippen LogP contribution in [0.25, 0.3) is 0 Å². The fraction of sp³-hybridized carbons (Fsp3) is 0.533. The van der Waals surface area contributed by atoms with Gasteiger partial charge in [0.2, 0.25) is 0 Å². The molecule has 0 aliphatic heterocycles. The molecule has 1 aromatic carbocycles. The van der Waals surface area contributed by atoms with E-state index in [0.717, 1.165) is 25.8 Å². The highest BCUT2D eigenvalue weighted by Crippen LogP contribution is 2.29. The van der Waals surface area contributed by atoms with Gasteiger partial charge in [-0.25, -0.2) is 0 Å². The van der Waals surface area contributed by atoms with Crippen molar-refractivity contribution < 1.29 is 4.79 Å². The minimum atomic E-state index is 0.0938. The van der Waals surface area contributed by atoms with Crippen LogP contribution in [0.1, 0.15) is 43.5 Å². The molecule has 18 heavy (non-hydrogen) atoms. The molecule has 0 atom stereocenters. The third-order valence-corrected chi connectivity index (χ3v) is 3.39. The molecule has 1 saturated carbocycles. The van der Waals surface area contributed by atoms with Crippen LogP contribution < -0.4 is 5.73 Å². The van der Waals surface area contributed by atoms with E-state index < -0.39 is 0 Å². The summed E-state index contributed by atoms with van der Waals surface area (Å²) in [6.07, 6.45) is 3.32. The van der Waals surface area contributed by atoms with Crippen molar-refractivity contribution in [1.29, 1.82) is 0 Å². The molecule has 1 aromatic rings. The monoisotopic (exact) mass is 246 g/mol. The van der Waals surface area contributed by atoms with Crippen LogP contribution in [0.5, 0.6) is 0 Å². The van der Waals surface area contributed by atoms with Crippen LogP contribution in [-0.2, 0) is 0 Å². The van der Waals surface area contributed by atoms with Crippen molar-refractivity contribution in [1.82, 2.24) is 4.90 Å². The zero-order valence-electron chi connectivity index (χ0n) is 11.2. The molecular weight excluding hydrogens is 224 g/mol. The van der Waals surface area contributed by atoms with E-state index in [1.54, 1.807) is 6.07 Å². The third-order valence-electron chi connectivity index (χ3n) is 3.39. The molecule has 3 heteroatoms. The van der Waals surface area contributed by atoms with Gasteiger partial charge >= 0.3 is 0 Å².